The van der Waals surface area contributed by atoms with E-state index in [4.69, 9.17) is 4.42 Å². The van der Waals surface area contributed by atoms with E-state index in [0.29, 0.717) is 35.2 Å². The number of thioether (sulfide) groups is 1. The van der Waals surface area contributed by atoms with Gasteiger partial charge in [0.1, 0.15) is 5.52 Å². The van der Waals surface area contributed by atoms with Gasteiger partial charge in [0.2, 0.25) is 0 Å². The molecule has 0 radical (unpaired) electrons. The molecule has 0 spiro atoms. The monoisotopic (exact) mass is 472 g/mol. The number of likely N-dealkylation sites (tertiary alicyclic amines) is 1. The summed E-state index contributed by atoms with van der Waals surface area (Å²) in [6, 6.07) is 18.9. The molecule has 1 N–H and O–H groups in total. The second-order valence-corrected chi connectivity index (χ2v) is 9.10. The zero-order valence-corrected chi connectivity index (χ0v) is 19.3. The first-order valence-electron chi connectivity index (χ1n) is 11.2. The Balaban J connectivity index is 1.19. The first kappa shape index (κ1) is 22.2. The molecule has 1 fully saturated rings. The standard InChI is InChI=1S/C26H24N4O3S/c31-24(18-7-5-13-27-16-18)28-20-11-14-30(15-12-20)25(32)21-8-2-1-6-19(21)17-34-26-29-22-9-3-4-10-23(22)33-26/h1-10,13,16,20H,11-12,14-15,17H2,(H,28,31). The van der Waals surface area contributed by atoms with Crippen molar-refractivity contribution in [3.63, 3.8) is 0 Å². The van der Waals surface area contributed by atoms with Crippen LogP contribution in [0, 0.1) is 0 Å². The summed E-state index contributed by atoms with van der Waals surface area (Å²) in [5, 5.41) is 3.65. The molecule has 2 aromatic carbocycles. The lowest BCUT2D eigenvalue weighted by Gasteiger charge is -2.32. The van der Waals surface area contributed by atoms with Crippen LogP contribution in [0.15, 0.2) is 82.7 Å². The van der Waals surface area contributed by atoms with E-state index in [-0.39, 0.29) is 17.9 Å². The number of hydrogen-bond acceptors (Lipinski definition) is 6. The van der Waals surface area contributed by atoms with Crippen molar-refractivity contribution in [3.05, 3.63) is 89.7 Å². The Hall–Kier alpha value is -3.65. The van der Waals surface area contributed by atoms with Crippen LogP contribution in [-0.4, -0.2) is 45.8 Å². The molecule has 0 bridgehead atoms. The molecular weight excluding hydrogens is 448 g/mol. The normalized spacial score (nSPS) is 14.3. The predicted molar refractivity (Wildman–Crippen MR) is 131 cm³/mol. The van der Waals surface area contributed by atoms with E-state index in [1.165, 1.54) is 11.8 Å². The third kappa shape index (κ3) is 4.97. The SMILES string of the molecule is O=C(NC1CCN(C(=O)c2ccccc2CSc2nc3ccccc3o2)CC1)c1cccnc1. The number of carbonyl (C=O) groups excluding carboxylic acids is 2. The van der Waals surface area contributed by atoms with Gasteiger partial charge < -0.3 is 14.6 Å². The number of para-hydroxylation sites is 2. The highest BCUT2D eigenvalue weighted by molar-refractivity contribution is 7.98. The van der Waals surface area contributed by atoms with E-state index in [1.54, 1.807) is 24.5 Å². The summed E-state index contributed by atoms with van der Waals surface area (Å²) >= 11 is 1.48. The Labute approximate surface area is 201 Å². The van der Waals surface area contributed by atoms with Gasteiger partial charge in [0.05, 0.1) is 5.56 Å². The van der Waals surface area contributed by atoms with E-state index >= 15 is 0 Å². The van der Waals surface area contributed by atoms with Crippen LogP contribution in [0.1, 0.15) is 39.1 Å². The molecule has 1 aliphatic rings. The molecule has 3 heterocycles. The van der Waals surface area contributed by atoms with Crippen molar-refractivity contribution in [2.45, 2.75) is 29.9 Å². The first-order valence-corrected chi connectivity index (χ1v) is 12.2. The van der Waals surface area contributed by atoms with Gasteiger partial charge in [0.15, 0.2) is 5.58 Å². The van der Waals surface area contributed by atoms with Crippen LogP contribution in [-0.2, 0) is 5.75 Å². The van der Waals surface area contributed by atoms with Gasteiger partial charge in [-0.2, -0.15) is 0 Å². The van der Waals surface area contributed by atoms with Gasteiger partial charge in [-0.1, -0.05) is 42.1 Å². The number of amides is 2. The Morgan fingerprint density at radius 1 is 1.03 bits per heavy atom. The van der Waals surface area contributed by atoms with Crippen molar-refractivity contribution in [1.29, 1.82) is 0 Å². The van der Waals surface area contributed by atoms with Crippen LogP contribution in [0.5, 0.6) is 0 Å². The molecular formula is C26H24N4O3S. The molecule has 1 aliphatic heterocycles. The summed E-state index contributed by atoms with van der Waals surface area (Å²) in [4.78, 5) is 36.1. The lowest BCUT2D eigenvalue weighted by atomic mass is 10.0. The van der Waals surface area contributed by atoms with Crippen LogP contribution in [0.3, 0.4) is 0 Å². The van der Waals surface area contributed by atoms with Crippen LogP contribution in [0.25, 0.3) is 11.1 Å². The maximum Gasteiger partial charge on any atom is 0.257 e. The van der Waals surface area contributed by atoms with Gasteiger partial charge >= 0.3 is 0 Å². The zero-order valence-electron chi connectivity index (χ0n) is 18.5. The average Bonchev–Trinajstić information content (AvgIpc) is 3.31. The van der Waals surface area contributed by atoms with Crippen molar-refractivity contribution in [3.8, 4) is 0 Å². The van der Waals surface area contributed by atoms with Crippen molar-refractivity contribution < 1.29 is 14.0 Å². The number of rotatable bonds is 6. The molecule has 0 saturated carbocycles. The molecule has 172 valence electrons. The van der Waals surface area contributed by atoms with E-state index in [2.05, 4.69) is 15.3 Å². The molecule has 0 aliphatic carbocycles. The zero-order chi connectivity index (χ0) is 23.3. The minimum Gasteiger partial charge on any atom is -0.431 e. The molecule has 0 atom stereocenters. The first-order chi connectivity index (χ1) is 16.7. The fourth-order valence-electron chi connectivity index (χ4n) is 4.07. The van der Waals surface area contributed by atoms with Gasteiger partial charge in [0.25, 0.3) is 17.0 Å². The molecule has 5 rings (SSSR count). The second kappa shape index (κ2) is 10.1. The highest BCUT2D eigenvalue weighted by Crippen LogP contribution is 2.28. The van der Waals surface area contributed by atoms with E-state index in [9.17, 15) is 9.59 Å². The minimum atomic E-state index is -0.126. The van der Waals surface area contributed by atoms with Crippen LogP contribution >= 0.6 is 11.8 Å². The summed E-state index contributed by atoms with van der Waals surface area (Å²) < 4.78 is 5.80. The highest BCUT2D eigenvalue weighted by Gasteiger charge is 2.26. The Morgan fingerprint density at radius 2 is 1.82 bits per heavy atom. The van der Waals surface area contributed by atoms with E-state index in [1.807, 2.05) is 53.4 Å². The van der Waals surface area contributed by atoms with E-state index in [0.717, 1.165) is 29.5 Å². The summed E-state index contributed by atoms with van der Waals surface area (Å²) in [6.07, 6.45) is 4.64. The van der Waals surface area contributed by atoms with Crippen LogP contribution in [0.4, 0.5) is 0 Å². The van der Waals surface area contributed by atoms with Gasteiger partial charge in [-0.05, 0) is 48.7 Å². The Bertz CT molecular complexity index is 1270. The number of fused-ring (bicyclic) bond motifs is 1. The van der Waals surface area contributed by atoms with Crippen molar-refractivity contribution in [2.75, 3.05) is 13.1 Å². The quantitative estimate of drug-likeness (QED) is 0.414. The second-order valence-electron chi connectivity index (χ2n) is 8.17. The topological polar surface area (TPSA) is 88.3 Å². The smallest absolute Gasteiger partial charge is 0.257 e. The number of benzene rings is 2. The third-order valence-electron chi connectivity index (χ3n) is 5.91. The molecule has 7 nitrogen and oxygen atoms in total. The van der Waals surface area contributed by atoms with E-state index < -0.39 is 0 Å². The molecule has 2 amide bonds. The molecule has 1 saturated heterocycles. The Kier molecular flexibility index (Phi) is 6.58. The summed E-state index contributed by atoms with van der Waals surface area (Å²) in [6.45, 7) is 1.20. The maximum absolute atomic E-state index is 13.3. The van der Waals surface area contributed by atoms with Crippen molar-refractivity contribution >= 4 is 34.7 Å². The lowest BCUT2D eigenvalue weighted by molar-refractivity contribution is 0.0697. The highest BCUT2D eigenvalue weighted by atomic mass is 32.2. The fraction of sp³-hybridized carbons (Fsp3) is 0.231. The van der Waals surface area contributed by atoms with Crippen molar-refractivity contribution in [1.82, 2.24) is 20.2 Å². The molecule has 34 heavy (non-hydrogen) atoms. The molecule has 0 unspecified atom stereocenters. The van der Waals surface area contributed by atoms with Gasteiger partial charge in [-0.3, -0.25) is 14.6 Å². The summed E-state index contributed by atoms with van der Waals surface area (Å²) in [5.74, 6) is 0.483. The number of nitrogens with one attached hydrogen (secondary N) is 1. The number of carbonyl (C=O) groups is 2. The number of nitrogens with zero attached hydrogens (tertiary/aromatic N) is 3. The maximum atomic E-state index is 13.3. The average molecular weight is 473 g/mol. The number of piperidine rings is 1. The largest absolute Gasteiger partial charge is 0.431 e. The van der Waals surface area contributed by atoms with Crippen LogP contribution < -0.4 is 5.32 Å². The lowest BCUT2D eigenvalue weighted by Crippen LogP contribution is -2.46. The number of hydrogen-bond donors (Lipinski definition) is 1. The molecule has 2 aromatic heterocycles. The van der Waals surface area contributed by atoms with Gasteiger partial charge in [-0.15, -0.1) is 0 Å². The van der Waals surface area contributed by atoms with Gasteiger partial charge in [0, 0.05) is 42.8 Å². The summed E-state index contributed by atoms with van der Waals surface area (Å²) in [7, 11) is 0. The number of aromatic nitrogens is 2. The minimum absolute atomic E-state index is 0.0193. The molecule has 4 aromatic rings. The van der Waals surface area contributed by atoms with Crippen molar-refractivity contribution in [2.24, 2.45) is 0 Å². The predicted octanol–water partition coefficient (Wildman–Crippen LogP) is 4.55. The number of pyridine rings is 1. The Morgan fingerprint density at radius 3 is 2.62 bits per heavy atom. The third-order valence-corrected chi connectivity index (χ3v) is 6.79. The number of oxazole rings is 1. The summed E-state index contributed by atoms with van der Waals surface area (Å²) in [5.41, 5.74) is 3.78. The molecule has 8 heteroatoms. The van der Waals surface area contributed by atoms with Crippen LogP contribution in [0.2, 0.25) is 0 Å². The fourth-order valence-corrected chi connectivity index (χ4v) is 4.91. The van der Waals surface area contributed by atoms with Gasteiger partial charge in [-0.25, -0.2) is 4.98 Å².